The standard InChI is InChI=1S/C47H59N3O10S/c1-6-26-57-47-42(49(5)45(53)58-34-20-18-33(19-21-34)50(54)55)31-40(48-60-46(2,3)4)38-29-32(14-10-12-24-51)37(17-11-13-25-52)43(44(38)47)39-30-35(22-23-41(39)59-47)56-27-28-61-36-15-8-7-9-16-36/h6-9,15-16,18-23,29-30,32,37,42-44,51-52H,1,10-14,17,24-28,31H2,2-5H3. The van der Waals surface area contributed by atoms with E-state index in [4.69, 9.17) is 28.9 Å². The first-order valence-corrected chi connectivity index (χ1v) is 22.1. The van der Waals surface area contributed by atoms with Crippen LogP contribution >= 0.6 is 11.8 Å². The Balaban J connectivity index is 1.48. The SMILES string of the molecule is C=CCOC12Oc3ccc(OCCSc4ccccc4)cc3C3C(CCCCO)C(CCCCO)C=C(C(=NOC(C)(C)C)CC1N(C)C(=O)Oc1ccc([N+](=O)[O-])cc1)C32. The van der Waals surface area contributed by atoms with E-state index in [9.17, 15) is 25.1 Å². The summed E-state index contributed by atoms with van der Waals surface area (Å²) in [6, 6.07) is 20.6. The van der Waals surface area contributed by atoms with Gasteiger partial charge >= 0.3 is 6.09 Å². The van der Waals surface area contributed by atoms with Crippen LogP contribution in [0.5, 0.6) is 17.2 Å². The van der Waals surface area contributed by atoms with E-state index >= 15 is 0 Å². The Bertz CT molecular complexity index is 2020. The molecule has 1 fully saturated rings. The van der Waals surface area contributed by atoms with Crippen LogP contribution in [0.15, 0.2) is 107 Å². The first-order valence-electron chi connectivity index (χ1n) is 21.2. The number of hydrogen-bond acceptors (Lipinski definition) is 12. The van der Waals surface area contributed by atoms with Gasteiger partial charge < -0.3 is 38.9 Å². The lowest BCUT2D eigenvalue weighted by Crippen LogP contribution is -2.69. The fraction of sp³-hybridized carbons (Fsp3) is 0.489. The molecule has 13 nitrogen and oxygen atoms in total. The molecule has 0 saturated heterocycles. The number of aliphatic hydroxyl groups is 2. The minimum Gasteiger partial charge on any atom is -0.493 e. The second kappa shape index (κ2) is 20.8. The Morgan fingerprint density at radius 2 is 1.74 bits per heavy atom. The Morgan fingerprint density at radius 1 is 1.03 bits per heavy atom. The van der Waals surface area contributed by atoms with Crippen LogP contribution in [-0.2, 0) is 9.57 Å². The Hall–Kier alpha value is -4.89. The summed E-state index contributed by atoms with van der Waals surface area (Å²) < 4.78 is 26.4. The second-order valence-electron chi connectivity index (χ2n) is 16.7. The summed E-state index contributed by atoms with van der Waals surface area (Å²) in [4.78, 5) is 33.8. The predicted molar refractivity (Wildman–Crippen MR) is 235 cm³/mol. The quantitative estimate of drug-likeness (QED) is 0.0366. The Labute approximate surface area is 362 Å². The third-order valence-electron chi connectivity index (χ3n) is 11.4. The number of unbranched alkanes of at least 4 members (excludes halogenated alkanes) is 2. The van der Waals surface area contributed by atoms with E-state index in [-0.39, 0.29) is 55.4 Å². The van der Waals surface area contributed by atoms with E-state index in [1.165, 1.54) is 34.1 Å². The molecule has 0 radical (unpaired) electrons. The van der Waals surface area contributed by atoms with Gasteiger partial charge in [-0.15, -0.1) is 18.3 Å². The van der Waals surface area contributed by atoms with Gasteiger partial charge in [-0.1, -0.05) is 48.3 Å². The summed E-state index contributed by atoms with van der Waals surface area (Å²) in [5, 5.41) is 35.9. The molecule has 6 rings (SSSR count). The van der Waals surface area contributed by atoms with Gasteiger partial charge in [0.05, 0.1) is 29.8 Å². The fourth-order valence-electron chi connectivity index (χ4n) is 8.78. The highest BCUT2D eigenvalue weighted by Gasteiger charge is 2.65. The number of oxime groups is 1. The lowest BCUT2D eigenvalue weighted by Gasteiger charge is -2.59. The molecule has 61 heavy (non-hydrogen) atoms. The Morgan fingerprint density at radius 3 is 2.41 bits per heavy atom. The van der Waals surface area contributed by atoms with Crippen LogP contribution in [0.25, 0.3) is 0 Å². The highest BCUT2D eigenvalue weighted by molar-refractivity contribution is 7.99. The van der Waals surface area contributed by atoms with Gasteiger partial charge in [0.1, 0.15) is 28.9 Å². The van der Waals surface area contributed by atoms with Crippen molar-refractivity contribution in [3.63, 3.8) is 0 Å². The number of fused-ring (bicyclic) bond motifs is 2. The van der Waals surface area contributed by atoms with Gasteiger partial charge in [-0.25, -0.2) is 4.79 Å². The van der Waals surface area contributed by atoms with Crippen molar-refractivity contribution in [2.24, 2.45) is 22.9 Å². The number of rotatable bonds is 20. The van der Waals surface area contributed by atoms with E-state index in [2.05, 4.69) is 30.9 Å². The van der Waals surface area contributed by atoms with Crippen molar-refractivity contribution >= 4 is 29.3 Å². The molecule has 14 heteroatoms. The molecule has 3 aromatic rings. The molecule has 6 atom stereocenters. The molecule has 1 amide bonds. The van der Waals surface area contributed by atoms with Crippen LogP contribution in [-0.4, -0.2) is 88.5 Å². The molecule has 328 valence electrons. The average molecular weight is 858 g/mol. The zero-order valence-electron chi connectivity index (χ0n) is 35.6. The van der Waals surface area contributed by atoms with Gasteiger partial charge in [-0.05, 0) is 106 Å². The first-order chi connectivity index (χ1) is 29.4. The number of benzene rings is 3. The maximum Gasteiger partial charge on any atom is 0.415 e. The number of allylic oxidation sites excluding steroid dienone is 1. The third-order valence-corrected chi connectivity index (χ3v) is 12.4. The topological polar surface area (TPSA) is 162 Å². The van der Waals surface area contributed by atoms with Crippen LogP contribution in [0.3, 0.4) is 0 Å². The molecular formula is C47H59N3O10S. The van der Waals surface area contributed by atoms with Gasteiger partial charge in [0.15, 0.2) is 0 Å². The number of carbonyl (C=O) groups is 1. The number of hydrogen-bond donors (Lipinski definition) is 2. The number of likely N-dealkylation sites (N-methyl/N-ethyl adjacent to an activating group) is 1. The lowest BCUT2D eigenvalue weighted by molar-refractivity contribution is -0.384. The van der Waals surface area contributed by atoms with Gasteiger partial charge in [0.25, 0.3) is 5.69 Å². The number of nitro benzene ring substituents is 1. The summed E-state index contributed by atoms with van der Waals surface area (Å²) in [6.07, 6.45) is 7.93. The normalized spacial score (nSPS) is 23.5. The Kier molecular flexibility index (Phi) is 15.5. The molecule has 1 aliphatic heterocycles. The molecule has 3 aromatic carbocycles. The van der Waals surface area contributed by atoms with Crippen LogP contribution < -0.4 is 14.2 Å². The number of nitro groups is 1. The van der Waals surface area contributed by atoms with E-state index in [1.54, 1.807) is 24.9 Å². The molecule has 0 aromatic heterocycles. The number of thioether (sulfide) groups is 1. The zero-order chi connectivity index (χ0) is 43.6. The number of amides is 1. The summed E-state index contributed by atoms with van der Waals surface area (Å²) in [6.45, 7) is 10.5. The van der Waals surface area contributed by atoms with Crippen molar-refractivity contribution in [1.82, 2.24) is 4.90 Å². The van der Waals surface area contributed by atoms with Gasteiger partial charge in [0.2, 0.25) is 5.79 Å². The molecule has 0 bridgehead atoms. The van der Waals surface area contributed by atoms with Gasteiger partial charge in [-0.2, -0.15) is 0 Å². The minimum atomic E-state index is -1.47. The number of aliphatic hydroxyl groups excluding tert-OH is 2. The van der Waals surface area contributed by atoms with Crippen LogP contribution in [0.4, 0.5) is 10.5 Å². The smallest absolute Gasteiger partial charge is 0.415 e. The highest BCUT2D eigenvalue weighted by atomic mass is 32.2. The number of nitrogens with zero attached hydrogens (tertiary/aromatic N) is 3. The van der Waals surface area contributed by atoms with Gasteiger partial charge in [0, 0.05) is 60.9 Å². The molecular weight excluding hydrogens is 799 g/mol. The van der Waals surface area contributed by atoms with E-state index in [0.29, 0.717) is 36.7 Å². The zero-order valence-corrected chi connectivity index (χ0v) is 36.4. The fourth-order valence-corrected chi connectivity index (χ4v) is 9.53. The van der Waals surface area contributed by atoms with Gasteiger partial charge in [-0.3, -0.25) is 10.1 Å². The third kappa shape index (κ3) is 11.0. The predicted octanol–water partition coefficient (Wildman–Crippen LogP) is 9.33. The molecule has 0 spiro atoms. The summed E-state index contributed by atoms with van der Waals surface area (Å²) in [7, 11) is 1.63. The van der Waals surface area contributed by atoms with Crippen molar-refractivity contribution in [2.75, 3.05) is 39.2 Å². The molecule has 6 unspecified atom stereocenters. The van der Waals surface area contributed by atoms with Crippen molar-refractivity contribution in [3.8, 4) is 17.2 Å². The molecule has 2 aliphatic carbocycles. The lowest BCUT2D eigenvalue weighted by atomic mass is 9.55. The van der Waals surface area contributed by atoms with Crippen LogP contribution in [0.1, 0.15) is 77.2 Å². The first kappa shape index (κ1) is 45.6. The number of ether oxygens (including phenoxy) is 4. The molecule has 2 N–H and O–H groups in total. The van der Waals surface area contributed by atoms with Crippen molar-refractivity contribution in [3.05, 3.63) is 113 Å². The highest BCUT2D eigenvalue weighted by Crippen LogP contribution is 2.62. The van der Waals surface area contributed by atoms with Crippen molar-refractivity contribution in [1.29, 1.82) is 0 Å². The molecule has 3 aliphatic rings. The largest absolute Gasteiger partial charge is 0.493 e. The van der Waals surface area contributed by atoms with Crippen LogP contribution in [0.2, 0.25) is 0 Å². The maximum atomic E-state index is 14.2. The second-order valence-corrected chi connectivity index (χ2v) is 17.9. The summed E-state index contributed by atoms with van der Waals surface area (Å²) in [5.41, 5.74) is 1.77. The van der Waals surface area contributed by atoms with Crippen molar-refractivity contribution in [2.45, 2.75) is 94.0 Å². The van der Waals surface area contributed by atoms with E-state index in [0.717, 1.165) is 42.6 Å². The van der Waals surface area contributed by atoms with E-state index < -0.39 is 34.4 Å². The average Bonchev–Trinajstić information content (AvgIpc) is 3.25. The van der Waals surface area contributed by atoms with Crippen LogP contribution in [0, 0.1) is 27.9 Å². The minimum absolute atomic E-state index is 0.0399. The monoisotopic (exact) mass is 857 g/mol. The summed E-state index contributed by atoms with van der Waals surface area (Å²) >= 11 is 1.73. The number of carbonyl (C=O) groups excluding carboxylic acids is 1. The van der Waals surface area contributed by atoms with E-state index in [1.807, 2.05) is 51.1 Å². The summed E-state index contributed by atoms with van der Waals surface area (Å²) in [5.74, 6) is 0.106. The van der Waals surface area contributed by atoms with Crippen molar-refractivity contribution < 1.29 is 43.7 Å². The number of non-ortho nitro benzene ring substituents is 1. The molecule has 1 heterocycles. The molecule has 1 saturated carbocycles. The maximum absolute atomic E-state index is 14.2.